The predicted octanol–water partition coefficient (Wildman–Crippen LogP) is 6.02. The maximum absolute atomic E-state index is 6.50. The molecule has 1 aromatic carbocycles. The van der Waals surface area contributed by atoms with Gasteiger partial charge in [0.1, 0.15) is 0 Å². The SMILES string of the molecule is CCOc1nc(/C(=C/C2CCOCC2)c2ccc(SC)c(Cl)c2)ccc1C. The van der Waals surface area contributed by atoms with Gasteiger partial charge in [0, 0.05) is 29.2 Å². The Kier molecular flexibility index (Phi) is 7.22. The van der Waals surface area contributed by atoms with Gasteiger partial charge in [-0.25, -0.2) is 4.98 Å². The van der Waals surface area contributed by atoms with Gasteiger partial charge in [-0.05, 0) is 62.6 Å². The average molecular weight is 404 g/mol. The van der Waals surface area contributed by atoms with Crippen LogP contribution in [0.5, 0.6) is 5.88 Å². The van der Waals surface area contributed by atoms with Crippen molar-refractivity contribution in [2.75, 3.05) is 26.1 Å². The van der Waals surface area contributed by atoms with Gasteiger partial charge in [0.25, 0.3) is 0 Å². The Morgan fingerprint density at radius 3 is 2.74 bits per heavy atom. The number of hydrogen-bond donors (Lipinski definition) is 0. The quantitative estimate of drug-likeness (QED) is 0.551. The third-order valence-corrected chi connectivity index (χ3v) is 5.96. The molecule has 0 atom stereocenters. The van der Waals surface area contributed by atoms with Crippen LogP contribution < -0.4 is 4.74 Å². The van der Waals surface area contributed by atoms with Crippen LogP contribution >= 0.6 is 23.4 Å². The molecule has 1 fully saturated rings. The van der Waals surface area contributed by atoms with Crippen LogP contribution in [-0.2, 0) is 4.74 Å². The van der Waals surface area contributed by atoms with E-state index in [0.29, 0.717) is 18.4 Å². The van der Waals surface area contributed by atoms with Crippen molar-refractivity contribution in [1.82, 2.24) is 4.98 Å². The number of nitrogens with zero attached hydrogens (tertiary/aromatic N) is 1. The van der Waals surface area contributed by atoms with E-state index in [-0.39, 0.29) is 0 Å². The highest BCUT2D eigenvalue weighted by Crippen LogP contribution is 2.33. The third-order valence-electron chi connectivity index (χ3n) is 4.74. The summed E-state index contributed by atoms with van der Waals surface area (Å²) in [5.74, 6) is 1.17. The summed E-state index contributed by atoms with van der Waals surface area (Å²) in [7, 11) is 0. The Balaban J connectivity index is 2.06. The van der Waals surface area contributed by atoms with Crippen LogP contribution in [0.4, 0.5) is 0 Å². The molecule has 0 amide bonds. The molecule has 0 bridgehead atoms. The second kappa shape index (κ2) is 9.63. The Morgan fingerprint density at radius 2 is 2.07 bits per heavy atom. The normalized spacial score (nSPS) is 15.8. The van der Waals surface area contributed by atoms with E-state index in [1.807, 2.05) is 26.2 Å². The standard InChI is InChI=1S/C22H26ClNO2S/c1-4-26-22-15(2)5-7-20(24-22)18(13-16-9-11-25-12-10-16)17-6-8-21(27-3)19(23)14-17/h5-8,13-14,16H,4,9-12H2,1-3H3/b18-13+. The largest absolute Gasteiger partial charge is 0.478 e. The van der Waals surface area contributed by atoms with E-state index in [1.165, 1.54) is 0 Å². The molecule has 0 N–H and O–H groups in total. The van der Waals surface area contributed by atoms with Crippen molar-refractivity contribution >= 4 is 28.9 Å². The lowest BCUT2D eigenvalue weighted by Crippen LogP contribution is -2.14. The summed E-state index contributed by atoms with van der Waals surface area (Å²) < 4.78 is 11.2. The maximum Gasteiger partial charge on any atom is 0.216 e. The van der Waals surface area contributed by atoms with E-state index in [1.54, 1.807) is 11.8 Å². The molecule has 3 nitrogen and oxygen atoms in total. The van der Waals surface area contributed by atoms with E-state index >= 15 is 0 Å². The smallest absolute Gasteiger partial charge is 0.216 e. The molecule has 144 valence electrons. The fraction of sp³-hybridized carbons (Fsp3) is 0.409. The minimum atomic E-state index is 0.478. The average Bonchev–Trinajstić information content (AvgIpc) is 2.69. The lowest BCUT2D eigenvalue weighted by Gasteiger charge is -2.21. The molecule has 0 spiro atoms. The molecule has 1 aromatic heterocycles. The highest BCUT2D eigenvalue weighted by molar-refractivity contribution is 7.98. The van der Waals surface area contributed by atoms with Crippen LogP contribution in [0.3, 0.4) is 0 Å². The Bertz CT molecular complexity index is 816. The summed E-state index contributed by atoms with van der Waals surface area (Å²) in [6.45, 7) is 6.23. The van der Waals surface area contributed by atoms with Gasteiger partial charge in [-0.1, -0.05) is 29.8 Å². The van der Waals surface area contributed by atoms with Gasteiger partial charge in [-0.3, -0.25) is 0 Å². The van der Waals surface area contributed by atoms with Gasteiger partial charge < -0.3 is 9.47 Å². The number of aryl methyl sites for hydroxylation is 1. The number of allylic oxidation sites excluding steroid dienone is 1. The number of ether oxygens (including phenoxy) is 2. The maximum atomic E-state index is 6.50. The Hall–Kier alpha value is -1.49. The highest BCUT2D eigenvalue weighted by atomic mass is 35.5. The first-order valence-corrected chi connectivity index (χ1v) is 11.0. The zero-order chi connectivity index (χ0) is 19.2. The van der Waals surface area contributed by atoms with Crippen LogP contribution in [0, 0.1) is 12.8 Å². The van der Waals surface area contributed by atoms with Crippen molar-refractivity contribution in [2.45, 2.75) is 31.6 Å². The van der Waals surface area contributed by atoms with E-state index in [4.69, 9.17) is 26.1 Å². The molecule has 1 saturated heterocycles. The Morgan fingerprint density at radius 1 is 1.30 bits per heavy atom. The van der Waals surface area contributed by atoms with Gasteiger partial charge >= 0.3 is 0 Å². The van der Waals surface area contributed by atoms with Gasteiger partial charge in [0.05, 0.1) is 17.3 Å². The van der Waals surface area contributed by atoms with E-state index in [2.05, 4.69) is 30.3 Å². The van der Waals surface area contributed by atoms with Crippen molar-refractivity contribution in [3.05, 3.63) is 58.3 Å². The number of aromatic nitrogens is 1. The van der Waals surface area contributed by atoms with Crippen LogP contribution in [0.25, 0.3) is 5.57 Å². The van der Waals surface area contributed by atoms with E-state index < -0.39 is 0 Å². The molecule has 0 saturated carbocycles. The van der Waals surface area contributed by atoms with Gasteiger partial charge in [-0.15, -0.1) is 11.8 Å². The first kappa shape index (κ1) is 20.2. The molecule has 27 heavy (non-hydrogen) atoms. The van der Waals surface area contributed by atoms with Crippen molar-refractivity contribution < 1.29 is 9.47 Å². The first-order valence-electron chi connectivity index (χ1n) is 9.36. The minimum Gasteiger partial charge on any atom is -0.478 e. The van der Waals surface area contributed by atoms with Gasteiger partial charge in [-0.2, -0.15) is 0 Å². The topological polar surface area (TPSA) is 31.4 Å². The summed E-state index contributed by atoms with van der Waals surface area (Å²) in [4.78, 5) is 5.89. The van der Waals surface area contributed by atoms with Crippen molar-refractivity contribution in [1.29, 1.82) is 0 Å². The van der Waals surface area contributed by atoms with Crippen LogP contribution in [-0.4, -0.2) is 31.1 Å². The monoisotopic (exact) mass is 403 g/mol. The zero-order valence-corrected chi connectivity index (χ0v) is 17.7. The zero-order valence-electron chi connectivity index (χ0n) is 16.1. The molecule has 1 aliphatic rings. The van der Waals surface area contributed by atoms with Crippen LogP contribution in [0.2, 0.25) is 5.02 Å². The molecule has 2 heterocycles. The highest BCUT2D eigenvalue weighted by Gasteiger charge is 2.17. The van der Waals surface area contributed by atoms with Crippen LogP contribution in [0.15, 0.2) is 41.3 Å². The van der Waals surface area contributed by atoms with E-state index in [0.717, 1.165) is 58.4 Å². The molecule has 0 aliphatic carbocycles. The number of rotatable bonds is 6. The third kappa shape index (κ3) is 5.07. The number of pyridine rings is 1. The molecular formula is C22H26ClNO2S. The predicted molar refractivity (Wildman–Crippen MR) is 114 cm³/mol. The number of hydrogen-bond acceptors (Lipinski definition) is 4. The van der Waals surface area contributed by atoms with Crippen molar-refractivity contribution in [2.24, 2.45) is 5.92 Å². The Labute approximate surface area is 171 Å². The molecule has 5 heteroatoms. The number of benzene rings is 1. The molecule has 2 aromatic rings. The first-order chi connectivity index (χ1) is 13.1. The fourth-order valence-corrected chi connectivity index (χ4v) is 4.09. The van der Waals surface area contributed by atoms with Gasteiger partial charge in [0.15, 0.2) is 0 Å². The van der Waals surface area contributed by atoms with Crippen LogP contribution in [0.1, 0.15) is 36.6 Å². The summed E-state index contributed by atoms with van der Waals surface area (Å²) in [6, 6.07) is 10.4. The van der Waals surface area contributed by atoms with Crippen molar-refractivity contribution in [3.8, 4) is 5.88 Å². The summed E-state index contributed by atoms with van der Waals surface area (Å²) in [5, 5.41) is 0.773. The lowest BCUT2D eigenvalue weighted by atomic mass is 9.92. The minimum absolute atomic E-state index is 0.478. The summed E-state index contributed by atoms with van der Waals surface area (Å²) in [6.07, 6.45) is 6.44. The molecule has 1 aliphatic heterocycles. The number of halogens is 1. The second-order valence-corrected chi connectivity index (χ2v) is 7.89. The lowest BCUT2D eigenvalue weighted by molar-refractivity contribution is 0.0786. The van der Waals surface area contributed by atoms with Crippen molar-refractivity contribution in [3.63, 3.8) is 0 Å². The second-order valence-electron chi connectivity index (χ2n) is 6.63. The molecular weight excluding hydrogens is 378 g/mol. The molecule has 0 unspecified atom stereocenters. The number of thioether (sulfide) groups is 1. The van der Waals surface area contributed by atoms with Gasteiger partial charge in [0.2, 0.25) is 5.88 Å². The summed E-state index contributed by atoms with van der Waals surface area (Å²) in [5.41, 5.74) is 4.16. The summed E-state index contributed by atoms with van der Waals surface area (Å²) >= 11 is 8.15. The van der Waals surface area contributed by atoms with E-state index in [9.17, 15) is 0 Å². The molecule has 0 radical (unpaired) electrons. The fourth-order valence-electron chi connectivity index (χ4n) is 3.22. The molecule has 3 rings (SSSR count).